The summed E-state index contributed by atoms with van der Waals surface area (Å²) in [5.74, 6) is 0. The lowest BCUT2D eigenvalue weighted by atomic mass is 9.93. The Hall–Kier alpha value is -15.6. The first-order valence-electron chi connectivity index (χ1n) is 43.6. The van der Waals surface area contributed by atoms with E-state index in [1.54, 1.807) is 9.80 Å². The van der Waals surface area contributed by atoms with Crippen LogP contribution in [0.15, 0.2) is 509 Å². The molecule has 0 aliphatic heterocycles. The van der Waals surface area contributed by atoms with Gasteiger partial charge in [0, 0.05) is 68.2 Å². The van der Waals surface area contributed by atoms with Crippen LogP contribution in [0.4, 0.5) is 68.2 Å². The molecule has 560 valence electrons. The normalized spacial score (nSPS) is 11.8. The molecular weight excluding hydrogens is 1430 g/mol. The quantitative estimate of drug-likeness (QED) is 0.0711. The number of nitrogens with zero attached hydrogens (tertiary/aromatic N) is 4. The second-order valence-electron chi connectivity index (χ2n) is 28.6. The van der Waals surface area contributed by atoms with Crippen LogP contribution in [0.3, 0.4) is 0 Å². The van der Waals surface area contributed by atoms with E-state index < -0.39 is 48.3 Å². The van der Waals surface area contributed by atoms with E-state index >= 15 is 0 Å². The molecule has 4 heteroatoms. The number of anilines is 12. The minimum atomic E-state index is -0.493. The maximum atomic E-state index is 9.51. The van der Waals surface area contributed by atoms with Crippen molar-refractivity contribution in [3.8, 4) is 100 Å². The summed E-state index contributed by atoms with van der Waals surface area (Å²) in [7, 11) is 0. The smallest absolute Gasteiger partial charge is 0.0645 e. The predicted octanol–water partition coefficient (Wildman–Crippen LogP) is 32.3. The van der Waals surface area contributed by atoms with E-state index in [9.17, 15) is 11.0 Å². The van der Waals surface area contributed by atoms with Crippen LogP contribution in [0.1, 0.15) is 11.0 Å². The van der Waals surface area contributed by atoms with E-state index in [0.29, 0.717) is 22.7 Å². The summed E-state index contributed by atoms with van der Waals surface area (Å²) in [5, 5.41) is 0. The second kappa shape index (κ2) is 35.2. The third-order valence-corrected chi connectivity index (χ3v) is 21.1. The third-order valence-electron chi connectivity index (χ3n) is 21.1. The summed E-state index contributed by atoms with van der Waals surface area (Å²) in [5.41, 5.74) is 26.0. The average molecular weight is 1520 g/mol. The second-order valence-corrected chi connectivity index (χ2v) is 28.6. The molecule has 19 aromatic rings. The van der Waals surface area contributed by atoms with Gasteiger partial charge in [-0.25, -0.2) is 0 Å². The lowest BCUT2D eigenvalue weighted by Gasteiger charge is -2.27. The molecule has 0 amide bonds. The maximum Gasteiger partial charge on any atom is 0.0645 e. The van der Waals surface area contributed by atoms with E-state index in [4.69, 9.17) is 0 Å². The first-order valence-corrected chi connectivity index (χ1v) is 39.6. The van der Waals surface area contributed by atoms with Crippen molar-refractivity contribution in [3.05, 3.63) is 509 Å². The van der Waals surface area contributed by atoms with Crippen molar-refractivity contribution in [2.75, 3.05) is 19.6 Å². The van der Waals surface area contributed by atoms with Crippen LogP contribution < -0.4 is 19.6 Å². The number of para-hydroxylation sites is 2. The molecule has 19 aromatic carbocycles. The summed E-state index contributed by atoms with van der Waals surface area (Å²) >= 11 is 0. The molecule has 118 heavy (non-hydrogen) atoms. The van der Waals surface area contributed by atoms with Crippen molar-refractivity contribution >= 4 is 68.2 Å². The molecule has 0 heterocycles. The van der Waals surface area contributed by atoms with Gasteiger partial charge in [0.1, 0.15) is 0 Å². The van der Waals surface area contributed by atoms with E-state index in [1.165, 1.54) is 44.5 Å². The first kappa shape index (κ1) is 64.9. The summed E-state index contributed by atoms with van der Waals surface area (Å²) in [4.78, 5) is 8.04. The van der Waals surface area contributed by atoms with Gasteiger partial charge >= 0.3 is 0 Å². The fraction of sp³-hybridized carbons (Fsp3) is 0. The fourth-order valence-electron chi connectivity index (χ4n) is 15.1. The number of benzene rings is 19. The van der Waals surface area contributed by atoms with Crippen LogP contribution in [-0.2, 0) is 0 Å². The number of hydrogen-bond acceptors (Lipinski definition) is 4. The predicted molar refractivity (Wildman–Crippen MR) is 501 cm³/mol. The topological polar surface area (TPSA) is 13.0 Å². The molecule has 0 atom stereocenters. The van der Waals surface area contributed by atoms with E-state index in [1.807, 2.05) is 194 Å². The Balaban J connectivity index is 0.000000171. The van der Waals surface area contributed by atoms with Gasteiger partial charge in [-0.3, -0.25) is 0 Å². The molecule has 0 fully saturated rings. The molecular formula is C114H84N4. The molecule has 19 rings (SSSR count). The van der Waals surface area contributed by atoms with Crippen molar-refractivity contribution < 1.29 is 11.0 Å². The Labute approximate surface area is 704 Å². The lowest BCUT2D eigenvalue weighted by Crippen LogP contribution is -2.10. The summed E-state index contributed by atoms with van der Waals surface area (Å²) in [6.07, 6.45) is 0. The molecule has 0 radical (unpaired) electrons. The van der Waals surface area contributed by atoms with Crippen LogP contribution in [0, 0.1) is 0 Å². The maximum absolute atomic E-state index is 9.51. The van der Waals surface area contributed by atoms with Gasteiger partial charge in [0.05, 0.1) is 11.0 Å². The Kier molecular flexibility index (Phi) is 19.3. The third kappa shape index (κ3) is 16.7. The molecule has 0 saturated heterocycles. The van der Waals surface area contributed by atoms with Gasteiger partial charge in [-0.15, -0.1) is 0 Å². The van der Waals surface area contributed by atoms with Crippen molar-refractivity contribution in [1.29, 1.82) is 0 Å². The Morgan fingerprint density at radius 2 is 0.271 bits per heavy atom. The molecule has 4 nitrogen and oxygen atoms in total. The van der Waals surface area contributed by atoms with E-state index in [0.717, 1.165) is 78.6 Å². The molecule has 0 aliphatic rings. The highest BCUT2D eigenvalue weighted by atomic mass is 15.2. The van der Waals surface area contributed by atoms with E-state index in [2.05, 4.69) is 277 Å². The highest BCUT2D eigenvalue weighted by Crippen LogP contribution is 2.46. The molecule has 0 aromatic heterocycles. The minimum absolute atomic E-state index is 0.0200. The van der Waals surface area contributed by atoms with Crippen molar-refractivity contribution in [2.24, 2.45) is 0 Å². The molecule has 0 spiro atoms. The molecule has 0 N–H and O–H groups in total. The van der Waals surface area contributed by atoms with Gasteiger partial charge in [0.15, 0.2) is 0 Å². The largest absolute Gasteiger partial charge is 0.311 e. The first-order chi connectivity index (χ1) is 61.9. The SMILES string of the molecule is [2H]c1c([2H])c(N(c2ccccc2)c2ccc(-c3ccccc3)cc2)c([2H])c([2H])c1-c1c([2H])c([2H])c(N(c2ccc(-c3ccccc3)cc2)c2ccc(-c3ccccc3)cc2)c([2H])c1[2H].c1ccc(-c2ccc(N(c3ccccc3)c3ccc(-c4ccc(N(c5ccc(-c6ccccc6)cc5)c5ccc(-c6ccccc6)cc5)cc4-c4ccccc4)cc3)cc2)cc1. The van der Waals surface area contributed by atoms with Crippen LogP contribution >= 0.6 is 0 Å². The van der Waals surface area contributed by atoms with Gasteiger partial charge < -0.3 is 19.6 Å². The van der Waals surface area contributed by atoms with Crippen LogP contribution in [0.2, 0.25) is 0 Å². The van der Waals surface area contributed by atoms with Gasteiger partial charge in [-0.1, -0.05) is 364 Å². The molecule has 0 saturated carbocycles. The Morgan fingerprint density at radius 3 is 0.508 bits per heavy atom. The number of rotatable bonds is 21. The van der Waals surface area contributed by atoms with Gasteiger partial charge in [0.2, 0.25) is 0 Å². The molecule has 0 unspecified atom stereocenters. The average Bonchev–Trinajstić information content (AvgIpc) is 0.729. The molecule has 0 aliphatic carbocycles. The van der Waals surface area contributed by atoms with Gasteiger partial charge in [-0.2, -0.15) is 0 Å². The Bertz CT molecular complexity index is 6720. The zero-order valence-electron chi connectivity index (χ0n) is 72.7. The summed E-state index contributed by atoms with van der Waals surface area (Å²) in [6, 6.07) is 154. The zero-order chi connectivity index (χ0) is 86.0. The molecule has 0 bridgehead atoms. The van der Waals surface area contributed by atoms with Crippen LogP contribution in [0.25, 0.3) is 100 Å². The standard InChI is InChI=1S/C60H44N2.C54H40N2/c1-6-16-45(17-7-1)48-26-34-54(35-27-48)61(53-24-14-5-15-25-53)55-40-32-52(33-41-55)59-43-42-58(44-60(59)51-22-12-4-13-23-51)62(56-36-28-49(29-37-56)46-18-8-2-9-19-46)57-38-30-50(31-39-57)47-20-10-3-11-21-47;1-5-13-41(14-6-1)44-21-31-50(32-22-44)55(49-19-11-4-12-20-49)51-37-27-47(28-38-51)48-29-39-54(40-30-48)56(52-33-23-45(24-34-52)42-15-7-2-8-16-42)53-35-25-46(26-36-53)43-17-9-3-10-18-43/h1-44H;1-40H/i;27D,28D,29D,30D,37D,38D,39D,40D. The van der Waals surface area contributed by atoms with Gasteiger partial charge in [-0.05, 0) is 246 Å². The number of hydrogen-bond donors (Lipinski definition) is 0. The van der Waals surface area contributed by atoms with Crippen molar-refractivity contribution in [1.82, 2.24) is 0 Å². The minimum Gasteiger partial charge on any atom is -0.311 e. The summed E-state index contributed by atoms with van der Waals surface area (Å²) in [6.45, 7) is 0. The lowest BCUT2D eigenvalue weighted by molar-refractivity contribution is 1.28. The van der Waals surface area contributed by atoms with Crippen molar-refractivity contribution in [3.63, 3.8) is 0 Å². The fourth-order valence-corrected chi connectivity index (χ4v) is 15.1. The summed E-state index contributed by atoms with van der Waals surface area (Å²) < 4.78 is 75.5. The monoisotopic (exact) mass is 1520 g/mol. The van der Waals surface area contributed by atoms with Crippen molar-refractivity contribution in [2.45, 2.75) is 0 Å². The van der Waals surface area contributed by atoms with Gasteiger partial charge in [0.25, 0.3) is 0 Å². The highest BCUT2D eigenvalue weighted by Gasteiger charge is 2.21. The Morgan fingerprint density at radius 1 is 0.110 bits per heavy atom. The van der Waals surface area contributed by atoms with Crippen LogP contribution in [-0.4, -0.2) is 0 Å². The van der Waals surface area contributed by atoms with E-state index in [-0.39, 0.29) is 22.5 Å². The highest BCUT2D eigenvalue weighted by molar-refractivity contribution is 5.92. The zero-order valence-corrected chi connectivity index (χ0v) is 64.7. The van der Waals surface area contributed by atoms with Crippen LogP contribution in [0.5, 0.6) is 0 Å².